The van der Waals surface area contributed by atoms with Gasteiger partial charge in [0, 0.05) is 33.0 Å². The quantitative estimate of drug-likeness (QED) is 0.660. The second-order valence-corrected chi connectivity index (χ2v) is 7.23. The summed E-state index contributed by atoms with van der Waals surface area (Å²) in [6, 6.07) is 0.836. The maximum absolute atomic E-state index is 10.7. The van der Waals surface area contributed by atoms with Gasteiger partial charge in [0.05, 0.1) is 6.10 Å². The van der Waals surface area contributed by atoms with Crippen molar-refractivity contribution in [2.45, 2.75) is 57.6 Å². The molecule has 2 nitrogen and oxygen atoms in total. The van der Waals surface area contributed by atoms with Crippen LogP contribution in [0, 0.1) is 23.2 Å². The zero-order chi connectivity index (χ0) is 11.6. The molecular weight excluding hydrogens is 221 g/mol. The van der Waals surface area contributed by atoms with Gasteiger partial charge in [-0.3, -0.25) is 4.90 Å². The molecule has 3 heteroatoms. The Balaban J connectivity index is 0.000001000. The minimum absolute atomic E-state index is 0. The first kappa shape index (κ1) is 13.0. The van der Waals surface area contributed by atoms with E-state index >= 15 is 0 Å². The van der Waals surface area contributed by atoms with Crippen LogP contribution in [0.1, 0.15) is 45.4 Å². The van der Waals surface area contributed by atoms with E-state index in [1.807, 2.05) is 0 Å². The first-order chi connectivity index (χ1) is 8.22. The Kier molecular flexibility index (Phi) is 3.06. The van der Waals surface area contributed by atoms with E-state index in [0.29, 0.717) is 5.41 Å². The van der Waals surface area contributed by atoms with Gasteiger partial charge in [-0.2, -0.15) is 0 Å². The van der Waals surface area contributed by atoms with Crippen LogP contribution in [0.5, 0.6) is 0 Å². The Labute approximate surface area is 113 Å². The molecule has 0 spiro atoms. The van der Waals surface area contributed by atoms with Gasteiger partial charge in [0.1, 0.15) is 0 Å². The number of rotatable bonds is 0. The van der Waals surface area contributed by atoms with Crippen LogP contribution in [0.3, 0.4) is 0 Å². The molecular formula is C15H25BNO. The van der Waals surface area contributed by atoms with Gasteiger partial charge in [-0.15, -0.1) is 0 Å². The summed E-state index contributed by atoms with van der Waals surface area (Å²) in [4.78, 5) is 2.65. The van der Waals surface area contributed by atoms with Crippen molar-refractivity contribution in [3.63, 3.8) is 0 Å². The number of aliphatic hydroxyl groups excluding tert-OH is 1. The average molecular weight is 246 g/mol. The van der Waals surface area contributed by atoms with E-state index < -0.39 is 0 Å². The second kappa shape index (κ2) is 4.24. The molecule has 4 rings (SSSR count). The molecule has 99 valence electrons. The summed E-state index contributed by atoms with van der Waals surface area (Å²) in [5.74, 6) is 2.63. The van der Waals surface area contributed by atoms with Crippen molar-refractivity contribution < 1.29 is 5.11 Å². The molecule has 2 bridgehead atoms. The molecule has 2 saturated heterocycles. The van der Waals surface area contributed by atoms with Gasteiger partial charge in [0.2, 0.25) is 0 Å². The molecule has 3 radical (unpaired) electrons. The van der Waals surface area contributed by atoms with Gasteiger partial charge < -0.3 is 5.11 Å². The van der Waals surface area contributed by atoms with Crippen LogP contribution in [-0.2, 0) is 0 Å². The molecule has 0 amide bonds. The van der Waals surface area contributed by atoms with Gasteiger partial charge in [-0.05, 0) is 43.4 Å². The highest BCUT2D eigenvalue weighted by Crippen LogP contribution is 2.60. The molecule has 0 aromatic heterocycles. The standard InChI is InChI=1S/C15H25NO.B/c1-10-8-16-9-13(17)15-6-3-2-4-12(15)14(16)11(10)5-7-15;/h10-14,17H,2-9H2,1H3;/t10-,11-,12-,13+,14+,15-;/m1./s1. The number of hydrogen-bond donors (Lipinski definition) is 1. The lowest BCUT2D eigenvalue weighted by Gasteiger charge is -2.60. The third-order valence-corrected chi connectivity index (χ3v) is 6.69. The zero-order valence-electron chi connectivity index (χ0n) is 11.5. The van der Waals surface area contributed by atoms with Crippen LogP contribution < -0.4 is 0 Å². The fraction of sp³-hybridized carbons (Fsp3) is 1.00. The summed E-state index contributed by atoms with van der Waals surface area (Å²) in [6.07, 6.45) is 8.14. The highest BCUT2D eigenvalue weighted by molar-refractivity contribution is 5.75. The Morgan fingerprint density at radius 3 is 2.78 bits per heavy atom. The summed E-state index contributed by atoms with van der Waals surface area (Å²) in [5.41, 5.74) is 0.333. The Hall–Kier alpha value is -0.0151. The Bertz CT molecular complexity index is 336. The predicted molar refractivity (Wildman–Crippen MR) is 73.4 cm³/mol. The molecule has 0 unspecified atom stereocenters. The van der Waals surface area contributed by atoms with Crippen LogP contribution in [0.15, 0.2) is 0 Å². The van der Waals surface area contributed by atoms with E-state index in [4.69, 9.17) is 0 Å². The second-order valence-electron chi connectivity index (χ2n) is 7.23. The smallest absolute Gasteiger partial charge is 0.0726 e. The Morgan fingerprint density at radius 2 is 1.94 bits per heavy atom. The first-order valence-electron chi connectivity index (χ1n) is 7.64. The summed E-state index contributed by atoms with van der Waals surface area (Å²) < 4.78 is 0. The SMILES string of the molecule is C[C@@H]1CN2C[C@H](O)[C@@]34CCCC[C@@H]3[C@@H]2[C@@H]1CC4.[B]. The van der Waals surface area contributed by atoms with Crippen molar-refractivity contribution in [2.75, 3.05) is 13.1 Å². The van der Waals surface area contributed by atoms with Gasteiger partial charge in [-0.1, -0.05) is 19.8 Å². The Morgan fingerprint density at radius 1 is 1.11 bits per heavy atom. The van der Waals surface area contributed by atoms with E-state index in [-0.39, 0.29) is 14.5 Å². The van der Waals surface area contributed by atoms with Crippen LogP contribution in [0.25, 0.3) is 0 Å². The highest BCUT2D eigenvalue weighted by Gasteiger charge is 2.61. The minimum atomic E-state index is -0.0321. The number of hydrogen-bond acceptors (Lipinski definition) is 2. The molecule has 0 aromatic carbocycles. The number of aliphatic hydroxyl groups is 1. The molecule has 6 atom stereocenters. The fourth-order valence-electron chi connectivity index (χ4n) is 5.97. The van der Waals surface area contributed by atoms with Gasteiger partial charge >= 0.3 is 0 Å². The molecule has 2 heterocycles. The summed E-state index contributed by atoms with van der Waals surface area (Å²) >= 11 is 0. The van der Waals surface area contributed by atoms with E-state index in [2.05, 4.69) is 11.8 Å². The summed E-state index contributed by atoms with van der Waals surface area (Å²) in [7, 11) is 0. The molecule has 0 aromatic rings. The van der Waals surface area contributed by atoms with Crippen molar-refractivity contribution in [1.29, 1.82) is 0 Å². The van der Waals surface area contributed by atoms with Crippen LogP contribution >= 0.6 is 0 Å². The third kappa shape index (κ3) is 1.44. The van der Waals surface area contributed by atoms with E-state index in [1.165, 1.54) is 45.1 Å². The van der Waals surface area contributed by atoms with Crippen molar-refractivity contribution in [3.8, 4) is 0 Å². The molecule has 2 aliphatic heterocycles. The third-order valence-electron chi connectivity index (χ3n) is 6.69. The lowest BCUT2D eigenvalue weighted by molar-refractivity contribution is -0.157. The fourth-order valence-corrected chi connectivity index (χ4v) is 5.97. The van der Waals surface area contributed by atoms with Crippen LogP contribution in [-0.4, -0.2) is 43.7 Å². The largest absolute Gasteiger partial charge is 0.391 e. The van der Waals surface area contributed by atoms with Crippen LogP contribution in [0.4, 0.5) is 0 Å². The predicted octanol–water partition coefficient (Wildman–Crippen LogP) is 1.89. The summed E-state index contributed by atoms with van der Waals surface area (Å²) in [5, 5.41) is 10.7. The van der Waals surface area contributed by atoms with Gasteiger partial charge in [0.25, 0.3) is 0 Å². The first-order valence-corrected chi connectivity index (χ1v) is 7.64. The maximum Gasteiger partial charge on any atom is 0.0726 e. The average Bonchev–Trinajstić information content (AvgIpc) is 2.67. The molecule has 2 aliphatic carbocycles. The monoisotopic (exact) mass is 246 g/mol. The van der Waals surface area contributed by atoms with Gasteiger partial charge in [-0.25, -0.2) is 0 Å². The highest BCUT2D eigenvalue weighted by atomic mass is 16.3. The lowest BCUT2D eigenvalue weighted by Crippen LogP contribution is -2.64. The topological polar surface area (TPSA) is 23.5 Å². The zero-order valence-corrected chi connectivity index (χ0v) is 11.5. The van der Waals surface area contributed by atoms with Crippen molar-refractivity contribution in [1.82, 2.24) is 4.90 Å². The van der Waals surface area contributed by atoms with Crippen LogP contribution in [0.2, 0.25) is 0 Å². The van der Waals surface area contributed by atoms with E-state index in [9.17, 15) is 5.11 Å². The molecule has 2 saturated carbocycles. The summed E-state index contributed by atoms with van der Waals surface area (Å²) in [6.45, 7) is 4.66. The maximum atomic E-state index is 10.7. The molecule has 1 N–H and O–H groups in total. The molecule has 18 heavy (non-hydrogen) atoms. The van der Waals surface area contributed by atoms with E-state index in [1.54, 1.807) is 0 Å². The van der Waals surface area contributed by atoms with Gasteiger partial charge in [0.15, 0.2) is 0 Å². The number of piperidine rings is 1. The number of nitrogens with zero attached hydrogens (tertiary/aromatic N) is 1. The van der Waals surface area contributed by atoms with Crippen molar-refractivity contribution in [2.24, 2.45) is 23.2 Å². The molecule has 4 fully saturated rings. The normalized spacial score (nSPS) is 54.7. The molecule has 4 aliphatic rings. The van der Waals surface area contributed by atoms with Crippen molar-refractivity contribution >= 4 is 8.41 Å². The van der Waals surface area contributed by atoms with E-state index in [0.717, 1.165) is 30.3 Å². The van der Waals surface area contributed by atoms with Crippen molar-refractivity contribution in [3.05, 3.63) is 0 Å². The lowest BCUT2D eigenvalue weighted by atomic mass is 9.51. The minimum Gasteiger partial charge on any atom is -0.391 e.